The van der Waals surface area contributed by atoms with Gasteiger partial charge in [0.1, 0.15) is 12.4 Å². The van der Waals surface area contributed by atoms with Crippen LogP contribution in [0.1, 0.15) is 6.42 Å². The van der Waals surface area contributed by atoms with Crippen molar-refractivity contribution in [2.75, 3.05) is 32.2 Å². The molecule has 0 fully saturated rings. The lowest BCUT2D eigenvalue weighted by Crippen LogP contribution is -2.43. The number of carbonyl (C=O) groups is 1. The Labute approximate surface area is 129 Å². The molecule has 0 spiro atoms. The maximum Gasteiger partial charge on any atom is 0.239 e. The summed E-state index contributed by atoms with van der Waals surface area (Å²) in [7, 11) is 1.74. The Morgan fingerprint density at radius 1 is 1.45 bits per heavy atom. The highest BCUT2D eigenvalue weighted by molar-refractivity contribution is 7.98. The Bertz CT molecular complexity index is 414. The van der Waals surface area contributed by atoms with Crippen LogP contribution in [0.4, 0.5) is 0 Å². The molecule has 1 aromatic carbocycles. The van der Waals surface area contributed by atoms with E-state index in [2.05, 4.69) is 0 Å². The summed E-state index contributed by atoms with van der Waals surface area (Å²) in [6.07, 6.45) is 2.70. The van der Waals surface area contributed by atoms with Gasteiger partial charge in [0.05, 0.1) is 12.6 Å². The highest BCUT2D eigenvalue weighted by Gasteiger charge is 2.17. The number of thioether (sulfide) groups is 1. The smallest absolute Gasteiger partial charge is 0.239 e. The van der Waals surface area contributed by atoms with Gasteiger partial charge in [0, 0.05) is 12.1 Å². The number of carbonyl (C=O) groups excluding carboxylic acids is 1. The molecule has 0 aliphatic rings. The second kappa shape index (κ2) is 9.10. The molecule has 1 atom stereocenters. The molecule has 0 saturated heterocycles. The van der Waals surface area contributed by atoms with E-state index >= 15 is 0 Å². The molecule has 0 aliphatic carbocycles. The SMILES string of the molecule is CSCC[C@@H](N)C(=O)N(C)CCOc1ccc(Cl)cc1. The van der Waals surface area contributed by atoms with E-state index in [0.29, 0.717) is 24.6 Å². The normalized spacial score (nSPS) is 12.0. The van der Waals surface area contributed by atoms with E-state index in [-0.39, 0.29) is 5.91 Å². The lowest BCUT2D eigenvalue weighted by molar-refractivity contribution is -0.131. The predicted octanol–water partition coefficient (Wildman–Crippen LogP) is 2.26. The lowest BCUT2D eigenvalue weighted by atomic mass is 10.2. The number of amides is 1. The third kappa shape index (κ3) is 6.03. The first-order chi connectivity index (χ1) is 9.54. The maximum atomic E-state index is 12.0. The van der Waals surface area contributed by atoms with E-state index in [1.165, 1.54) is 0 Å². The van der Waals surface area contributed by atoms with Gasteiger partial charge >= 0.3 is 0 Å². The summed E-state index contributed by atoms with van der Waals surface area (Å²) in [5.41, 5.74) is 5.84. The summed E-state index contributed by atoms with van der Waals surface area (Å²) in [4.78, 5) is 13.6. The van der Waals surface area contributed by atoms with Crippen LogP contribution in [0.5, 0.6) is 5.75 Å². The molecule has 0 bridgehead atoms. The summed E-state index contributed by atoms with van der Waals surface area (Å²) >= 11 is 7.48. The molecule has 0 radical (unpaired) electrons. The van der Waals surface area contributed by atoms with E-state index in [4.69, 9.17) is 22.1 Å². The van der Waals surface area contributed by atoms with E-state index in [9.17, 15) is 4.79 Å². The van der Waals surface area contributed by atoms with E-state index in [1.807, 2.05) is 6.26 Å². The van der Waals surface area contributed by atoms with Crippen molar-refractivity contribution in [3.8, 4) is 5.75 Å². The highest BCUT2D eigenvalue weighted by Crippen LogP contribution is 2.15. The van der Waals surface area contributed by atoms with Crippen LogP contribution in [-0.4, -0.2) is 49.1 Å². The number of hydrogen-bond donors (Lipinski definition) is 1. The molecule has 6 heteroatoms. The quantitative estimate of drug-likeness (QED) is 0.799. The summed E-state index contributed by atoms with van der Waals surface area (Å²) in [5, 5.41) is 0.671. The second-order valence-corrected chi connectivity index (χ2v) is 5.87. The molecular weight excluding hydrogens is 296 g/mol. The molecule has 112 valence electrons. The molecule has 4 nitrogen and oxygen atoms in total. The first-order valence-corrected chi connectivity index (χ1v) is 8.19. The number of halogens is 1. The average Bonchev–Trinajstić information content (AvgIpc) is 2.45. The van der Waals surface area contributed by atoms with Crippen LogP contribution in [0.25, 0.3) is 0 Å². The molecule has 20 heavy (non-hydrogen) atoms. The summed E-state index contributed by atoms with van der Waals surface area (Å²) in [6.45, 7) is 0.938. The van der Waals surface area contributed by atoms with Crippen LogP contribution in [0.15, 0.2) is 24.3 Å². The summed E-state index contributed by atoms with van der Waals surface area (Å²) in [5.74, 6) is 1.59. The second-order valence-electron chi connectivity index (χ2n) is 4.45. The Hall–Kier alpha value is -0.910. The highest BCUT2D eigenvalue weighted by atomic mass is 35.5. The molecule has 1 amide bonds. The maximum absolute atomic E-state index is 12.0. The standard InChI is InChI=1S/C14H21ClN2O2S/c1-17(14(18)13(16)7-10-20-2)8-9-19-12-5-3-11(15)4-6-12/h3-6,13H,7-10,16H2,1-2H3/t13-/m1/s1. The first-order valence-electron chi connectivity index (χ1n) is 6.42. The third-order valence-electron chi connectivity index (χ3n) is 2.84. The molecular formula is C14H21ClN2O2S. The number of hydrogen-bond acceptors (Lipinski definition) is 4. The zero-order chi connectivity index (χ0) is 15.0. The molecule has 0 aromatic heterocycles. The van der Waals surface area contributed by atoms with Crippen molar-refractivity contribution in [2.24, 2.45) is 5.73 Å². The fourth-order valence-corrected chi connectivity index (χ4v) is 2.21. The van der Waals surface area contributed by atoms with Gasteiger partial charge in [0.2, 0.25) is 5.91 Å². The Morgan fingerprint density at radius 3 is 2.70 bits per heavy atom. The van der Waals surface area contributed by atoms with Crippen molar-refractivity contribution in [1.82, 2.24) is 4.90 Å². The number of nitrogens with zero attached hydrogens (tertiary/aromatic N) is 1. The Balaban J connectivity index is 2.30. The molecule has 0 aliphatic heterocycles. The molecule has 0 unspecified atom stereocenters. The van der Waals surface area contributed by atoms with Gasteiger partial charge in [-0.2, -0.15) is 11.8 Å². The monoisotopic (exact) mass is 316 g/mol. The van der Waals surface area contributed by atoms with Gasteiger partial charge in [-0.1, -0.05) is 11.6 Å². The zero-order valence-corrected chi connectivity index (χ0v) is 13.4. The average molecular weight is 317 g/mol. The first kappa shape index (κ1) is 17.1. The van der Waals surface area contributed by atoms with Crippen molar-refractivity contribution in [3.05, 3.63) is 29.3 Å². The van der Waals surface area contributed by atoms with E-state index in [1.54, 1.807) is 48.0 Å². The number of likely N-dealkylation sites (N-methyl/N-ethyl adjacent to an activating group) is 1. The molecule has 0 saturated carbocycles. The van der Waals surface area contributed by atoms with Crippen molar-refractivity contribution in [1.29, 1.82) is 0 Å². The van der Waals surface area contributed by atoms with Crippen LogP contribution in [0.2, 0.25) is 5.02 Å². The molecule has 2 N–H and O–H groups in total. The predicted molar refractivity (Wildman–Crippen MR) is 85.6 cm³/mol. The van der Waals surface area contributed by atoms with Gasteiger partial charge in [-0.25, -0.2) is 0 Å². The van der Waals surface area contributed by atoms with Gasteiger partial charge in [-0.15, -0.1) is 0 Å². The third-order valence-corrected chi connectivity index (χ3v) is 3.73. The van der Waals surface area contributed by atoms with Gasteiger partial charge in [0.25, 0.3) is 0 Å². The molecule has 0 heterocycles. The van der Waals surface area contributed by atoms with Crippen LogP contribution >= 0.6 is 23.4 Å². The van der Waals surface area contributed by atoms with Crippen LogP contribution < -0.4 is 10.5 Å². The van der Waals surface area contributed by atoms with Gasteiger partial charge in [-0.05, 0) is 42.7 Å². The van der Waals surface area contributed by atoms with Crippen LogP contribution in [-0.2, 0) is 4.79 Å². The lowest BCUT2D eigenvalue weighted by Gasteiger charge is -2.21. The summed E-state index contributed by atoms with van der Waals surface area (Å²) < 4.78 is 5.55. The minimum absolute atomic E-state index is 0.0428. The largest absolute Gasteiger partial charge is 0.492 e. The number of rotatable bonds is 8. The zero-order valence-electron chi connectivity index (χ0n) is 11.8. The minimum Gasteiger partial charge on any atom is -0.492 e. The van der Waals surface area contributed by atoms with Crippen LogP contribution in [0.3, 0.4) is 0 Å². The van der Waals surface area contributed by atoms with E-state index in [0.717, 1.165) is 11.5 Å². The number of benzene rings is 1. The number of nitrogens with two attached hydrogens (primary N) is 1. The fraction of sp³-hybridized carbons (Fsp3) is 0.500. The minimum atomic E-state index is -0.428. The van der Waals surface area contributed by atoms with Crippen molar-refractivity contribution >= 4 is 29.3 Å². The van der Waals surface area contributed by atoms with Crippen molar-refractivity contribution in [3.63, 3.8) is 0 Å². The molecule has 1 aromatic rings. The van der Waals surface area contributed by atoms with Gasteiger partial charge < -0.3 is 15.4 Å². The number of ether oxygens (including phenoxy) is 1. The Morgan fingerprint density at radius 2 is 2.10 bits per heavy atom. The Kier molecular flexibility index (Phi) is 7.80. The topological polar surface area (TPSA) is 55.6 Å². The van der Waals surface area contributed by atoms with Crippen molar-refractivity contribution < 1.29 is 9.53 Å². The summed E-state index contributed by atoms with van der Waals surface area (Å²) in [6, 6.07) is 6.71. The van der Waals surface area contributed by atoms with Gasteiger partial charge in [0.15, 0.2) is 0 Å². The van der Waals surface area contributed by atoms with E-state index < -0.39 is 6.04 Å². The van der Waals surface area contributed by atoms with Crippen LogP contribution in [0, 0.1) is 0 Å². The van der Waals surface area contributed by atoms with Gasteiger partial charge in [-0.3, -0.25) is 4.79 Å². The van der Waals surface area contributed by atoms with Crippen molar-refractivity contribution in [2.45, 2.75) is 12.5 Å². The molecule has 1 rings (SSSR count). The fourth-order valence-electron chi connectivity index (χ4n) is 1.59.